The van der Waals surface area contributed by atoms with Crippen LogP contribution < -0.4 is 0 Å². The topological polar surface area (TPSA) is 180 Å². The average Bonchev–Trinajstić information content (AvgIpc) is 2.94. The average molecular weight is 525 g/mol. The number of aliphatic hydroxyl groups excluding tert-OH is 5. The van der Waals surface area contributed by atoms with Crippen molar-refractivity contribution in [3.63, 3.8) is 0 Å². The van der Waals surface area contributed by atoms with Gasteiger partial charge in [-0.1, -0.05) is 38.5 Å². The smallest absolute Gasteiger partial charge is 0.309 e. The van der Waals surface area contributed by atoms with Gasteiger partial charge in [0.15, 0.2) is 0 Å². The lowest BCUT2D eigenvalue weighted by molar-refractivity contribution is -0.157. The minimum Gasteiger partial charge on any atom is -0.463 e. The highest BCUT2D eigenvalue weighted by atomic mass is 16.5. The van der Waals surface area contributed by atoms with Crippen LogP contribution in [0.25, 0.3) is 0 Å². The van der Waals surface area contributed by atoms with E-state index in [1.54, 1.807) is 0 Å². The standard InChI is InChI=1S/C26H40N2O9/c29-20(21(30)14-36-25(34)16-7-3-1-4-8-16)11-18-12-28-19(13-27-18)23(32)24(33)22(31)15-37-26(35)17-9-5-2-6-10-17/h12-13,16-17,20-24,29-33H,1-11,14-15H2/t20-,21+,22+,23+,24+/m0/s1. The molecule has 3 rings (SSSR count). The summed E-state index contributed by atoms with van der Waals surface area (Å²) >= 11 is 0. The van der Waals surface area contributed by atoms with Gasteiger partial charge >= 0.3 is 11.9 Å². The number of ether oxygens (including phenoxy) is 2. The molecule has 2 aliphatic rings. The van der Waals surface area contributed by atoms with E-state index in [1.807, 2.05) is 0 Å². The monoisotopic (exact) mass is 524 g/mol. The van der Waals surface area contributed by atoms with Crippen molar-refractivity contribution in [2.45, 2.75) is 101 Å². The van der Waals surface area contributed by atoms with E-state index in [4.69, 9.17) is 9.47 Å². The predicted molar refractivity (Wildman–Crippen MR) is 130 cm³/mol. The lowest BCUT2D eigenvalue weighted by Gasteiger charge is -2.24. The number of rotatable bonds is 12. The molecule has 0 amide bonds. The fourth-order valence-electron chi connectivity index (χ4n) is 4.82. The van der Waals surface area contributed by atoms with Crippen LogP contribution >= 0.6 is 0 Å². The number of aliphatic hydroxyl groups is 5. The lowest BCUT2D eigenvalue weighted by atomic mass is 9.89. The van der Waals surface area contributed by atoms with Gasteiger partial charge < -0.3 is 35.0 Å². The molecule has 0 aromatic carbocycles. The summed E-state index contributed by atoms with van der Waals surface area (Å²) in [6.45, 7) is -0.773. The van der Waals surface area contributed by atoms with Crippen LogP contribution in [0.3, 0.4) is 0 Å². The molecule has 2 fully saturated rings. The van der Waals surface area contributed by atoms with E-state index in [2.05, 4.69) is 9.97 Å². The lowest BCUT2D eigenvalue weighted by Crippen LogP contribution is -2.37. The Bertz CT molecular complexity index is 841. The molecule has 0 aliphatic heterocycles. The van der Waals surface area contributed by atoms with Crippen molar-refractivity contribution >= 4 is 11.9 Å². The zero-order valence-electron chi connectivity index (χ0n) is 21.2. The Kier molecular flexibility index (Phi) is 11.7. The fourth-order valence-corrected chi connectivity index (χ4v) is 4.82. The molecular weight excluding hydrogens is 484 g/mol. The van der Waals surface area contributed by atoms with Crippen molar-refractivity contribution in [1.29, 1.82) is 0 Å². The number of carbonyl (C=O) groups excluding carboxylic acids is 2. The molecule has 5 N–H and O–H groups in total. The SMILES string of the molecule is O=C(OC[C@@H](O)[C@@H](O)[C@H](O)c1cnc(C[C@H](O)[C@H](O)COC(=O)C2CCCCC2)cn1)C1CCCCC1. The number of esters is 2. The summed E-state index contributed by atoms with van der Waals surface area (Å²) in [5.74, 6) is -1.11. The second-order valence-electron chi connectivity index (χ2n) is 10.2. The van der Waals surface area contributed by atoms with Crippen molar-refractivity contribution in [1.82, 2.24) is 9.97 Å². The zero-order valence-corrected chi connectivity index (χ0v) is 21.2. The molecule has 5 atom stereocenters. The van der Waals surface area contributed by atoms with E-state index < -0.39 is 43.1 Å². The van der Waals surface area contributed by atoms with Gasteiger partial charge in [0.05, 0.1) is 35.5 Å². The third-order valence-corrected chi connectivity index (χ3v) is 7.28. The van der Waals surface area contributed by atoms with Crippen LogP contribution in [0, 0.1) is 11.8 Å². The van der Waals surface area contributed by atoms with Crippen LogP contribution in [0.5, 0.6) is 0 Å². The van der Waals surface area contributed by atoms with E-state index in [0.717, 1.165) is 64.2 Å². The summed E-state index contributed by atoms with van der Waals surface area (Å²) in [6.07, 6.45) is 4.21. The second kappa shape index (κ2) is 14.7. The molecule has 11 nitrogen and oxygen atoms in total. The predicted octanol–water partition coefficient (Wildman–Crippen LogP) is 0.743. The maximum atomic E-state index is 12.1. The minimum absolute atomic E-state index is 0.0228. The zero-order chi connectivity index (χ0) is 26.8. The van der Waals surface area contributed by atoms with E-state index in [-0.39, 0.29) is 36.5 Å². The van der Waals surface area contributed by atoms with Crippen LogP contribution in [0.1, 0.15) is 81.7 Å². The molecule has 1 aromatic rings. The van der Waals surface area contributed by atoms with Crippen LogP contribution in [-0.2, 0) is 25.5 Å². The summed E-state index contributed by atoms with van der Waals surface area (Å²) in [4.78, 5) is 32.4. The van der Waals surface area contributed by atoms with Gasteiger partial charge in [-0.2, -0.15) is 0 Å². The second-order valence-corrected chi connectivity index (χ2v) is 10.2. The van der Waals surface area contributed by atoms with Crippen LogP contribution in [0.2, 0.25) is 0 Å². The molecule has 208 valence electrons. The minimum atomic E-state index is -1.66. The van der Waals surface area contributed by atoms with Crippen LogP contribution in [0.15, 0.2) is 12.4 Å². The van der Waals surface area contributed by atoms with Crippen molar-refractivity contribution < 1.29 is 44.6 Å². The number of hydrogen-bond donors (Lipinski definition) is 5. The first-order valence-electron chi connectivity index (χ1n) is 13.3. The van der Waals surface area contributed by atoms with E-state index in [9.17, 15) is 35.1 Å². The molecule has 2 saturated carbocycles. The number of nitrogens with zero attached hydrogens (tertiary/aromatic N) is 2. The molecular formula is C26H40N2O9. The normalized spacial score (nSPS) is 21.4. The Morgan fingerprint density at radius 2 is 1.24 bits per heavy atom. The third-order valence-electron chi connectivity index (χ3n) is 7.28. The van der Waals surface area contributed by atoms with Crippen molar-refractivity contribution in [2.75, 3.05) is 13.2 Å². The van der Waals surface area contributed by atoms with E-state index in [0.29, 0.717) is 5.69 Å². The van der Waals surface area contributed by atoms with E-state index >= 15 is 0 Å². The van der Waals surface area contributed by atoms with Crippen LogP contribution in [0.4, 0.5) is 0 Å². The Labute approximate surface area is 216 Å². The summed E-state index contributed by atoms with van der Waals surface area (Å²) in [6, 6.07) is 0. The molecule has 0 saturated heterocycles. The molecule has 11 heteroatoms. The number of aromatic nitrogens is 2. The summed E-state index contributed by atoms with van der Waals surface area (Å²) in [7, 11) is 0. The first-order chi connectivity index (χ1) is 17.8. The highest BCUT2D eigenvalue weighted by Crippen LogP contribution is 2.26. The van der Waals surface area contributed by atoms with Crippen molar-refractivity contribution in [2.24, 2.45) is 11.8 Å². The Morgan fingerprint density at radius 1 is 0.730 bits per heavy atom. The van der Waals surface area contributed by atoms with Crippen molar-refractivity contribution in [3.8, 4) is 0 Å². The maximum absolute atomic E-state index is 12.1. The van der Waals surface area contributed by atoms with Gasteiger partial charge in [0, 0.05) is 12.6 Å². The Morgan fingerprint density at radius 3 is 1.73 bits per heavy atom. The molecule has 0 radical (unpaired) electrons. The van der Waals surface area contributed by atoms with Gasteiger partial charge in [-0.25, -0.2) is 0 Å². The summed E-state index contributed by atoms with van der Waals surface area (Å²) in [5, 5.41) is 51.2. The fraction of sp³-hybridized carbons (Fsp3) is 0.769. The van der Waals surface area contributed by atoms with Gasteiger partial charge in [0.1, 0.15) is 37.6 Å². The highest BCUT2D eigenvalue weighted by Gasteiger charge is 2.30. The first kappa shape index (κ1) is 29.4. The highest BCUT2D eigenvalue weighted by molar-refractivity contribution is 5.72. The maximum Gasteiger partial charge on any atom is 0.309 e. The van der Waals surface area contributed by atoms with Gasteiger partial charge in [-0.3, -0.25) is 19.6 Å². The van der Waals surface area contributed by atoms with Crippen molar-refractivity contribution in [3.05, 3.63) is 23.8 Å². The van der Waals surface area contributed by atoms with Gasteiger partial charge in [0.25, 0.3) is 0 Å². The van der Waals surface area contributed by atoms with E-state index in [1.165, 1.54) is 12.4 Å². The molecule has 1 heterocycles. The largest absolute Gasteiger partial charge is 0.463 e. The number of carbonyl (C=O) groups is 2. The van der Waals surface area contributed by atoms with Gasteiger partial charge in [0.2, 0.25) is 0 Å². The van der Waals surface area contributed by atoms with Gasteiger partial charge in [-0.05, 0) is 25.7 Å². The molecule has 37 heavy (non-hydrogen) atoms. The Balaban J connectivity index is 1.41. The Hall–Kier alpha value is -2.18. The van der Waals surface area contributed by atoms with Gasteiger partial charge in [-0.15, -0.1) is 0 Å². The molecule has 1 aromatic heterocycles. The van der Waals surface area contributed by atoms with Crippen LogP contribution in [-0.4, -0.2) is 85.1 Å². The first-order valence-corrected chi connectivity index (χ1v) is 13.3. The molecule has 2 aliphatic carbocycles. The quantitative estimate of drug-likeness (QED) is 0.243. The molecule has 0 bridgehead atoms. The number of hydrogen-bond acceptors (Lipinski definition) is 11. The summed E-state index contributed by atoms with van der Waals surface area (Å²) in [5.41, 5.74) is 0.280. The third kappa shape index (κ3) is 8.96. The molecule has 0 unspecified atom stereocenters. The summed E-state index contributed by atoms with van der Waals surface area (Å²) < 4.78 is 10.3. The molecule has 0 spiro atoms.